The third kappa shape index (κ3) is 2.01. The summed E-state index contributed by atoms with van der Waals surface area (Å²) < 4.78 is 5.71. The van der Waals surface area contributed by atoms with Crippen molar-refractivity contribution in [1.82, 2.24) is 5.32 Å². The van der Waals surface area contributed by atoms with Crippen molar-refractivity contribution in [2.75, 3.05) is 13.2 Å². The van der Waals surface area contributed by atoms with Crippen LogP contribution >= 0.6 is 0 Å². The normalized spacial score (nSPS) is 25.9. The van der Waals surface area contributed by atoms with Crippen LogP contribution in [-0.2, 0) is 4.74 Å². The van der Waals surface area contributed by atoms with Gasteiger partial charge < -0.3 is 10.1 Å². The third-order valence-corrected chi connectivity index (χ3v) is 2.71. The Morgan fingerprint density at radius 3 is 3.00 bits per heavy atom. The molecule has 1 aromatic carbocycles. The fourth-order valence-electron chi connectivity index (χ4n) is 1.93. The number of nitrogens with one attached hydrogen (secondary N) is 1. The molecule has 15 heavy (non-hydrogen) atoms. The molecule has 1 fully saturated rings. The summed E-state index contributed by atoms with van der Waals surface area (Å²) >= 11 is 0. The molecule has 0 spiro atoms. The second-order valence-electron chi connectivity index (χ2n) is 3.73. The summed E-state index contributed by atoms with van der Waals surface area (Å²) in [6, 6.07) is 10.1. The molecule has 0 saturated carbocycles. The summed E-state index contributed by atoms with van der Waals surface area (Å²) in [5.41, 5.74) is 1.69. The van der Waals surface area contributed by atoms with Crippen LogP contribution in [0.25, 0.3) is 0 Å². The first-order valence-electron chi connectivity index (χ1n) is 5.17. The van der Waals surface area contributed by atoms with Gasteiger partial charge in [-0.05, 0) is 13.0 Å². The van der Waals surface area contributed by atoms with E-state index in [4.69, 9.17) is 10.00 Å². The maximum Gasteiger partial charge on any atom is 0.0995 e. The van der Waals surface area contributed by atoms with Gasteiger partial charge in [0.05, 0.1) is 24.3 Å². The molecule has 78 valence electrons. The number of nitrogens with zero attached hydrogens (tertiary/aromatic N) is 1. The minimum Gasteiger partial charge on any atom is -0.371 e. The summed E-state index contributed by atoms with van der Waals surface area (Å²) in [6.07, 6.45) is -0.00500. The van der Waals surface area contributed by atoms with Crippen LogP contribution in [0.3, 0.4) is 0 Å². The van der Waals surface area contributed by atoms with Gasteiger partial charge in [0.1, 0.15) is 0 Å². The Kier molecular flexibility index (Phi) is 3.00. The molecule has 3 nitrogen and oxygen atoms in total. The number of ether oxygens (including phenoxy) is 1. The standard InChI is InChI=1S/C12H14N2O/c1-9-12(15-7-6-14-9)11-5-3-2-4-10(11)8-13/h2-5,9,12,14H,6-7H2,1H3. The van der Waals surface area contributed by atoms with Gasteiger partial charge in [-0.1, -0.05) is 18.2 Å². The van der Waals surface area contributed by atoms with Crippen LogP contribution in [0.15, 0.2) is 24.3 Å². The van der Waals surface area contributed by atoms with Gasteiger partial charge in [-0.3, -0.25) is 0 Å². The monoisotopic (exact) mass is 202 g/mol. The third-order valence-electron chi connectivity index (χ3n) is 2.71. The van der Waals surface area contributed by atoms with E-state index >= 15 is 0 Å². The molecule has 2 rings (SSSR count). The Bertz CT molecular complexity index is 383. The zero-order chi connectivity index (χ0) is 10.7. The fraction of sp³-hybridized carbons (Fsp3) is 0.417. The second-order valence-corrected chi connectivity index (χ2v) is 3.73. The average Bonchev–Trinajstić information content (AvgIpc) is 2.30. The number of benzene rings is 1. The van der Waals surface area contributed by atoms with E-state index in [0.717, 1.165) is 12.1 Å². The molecule has 0 amide bonds. The summed E-state index contributed by atoms with van der Waals surface area (Å²) in [6.45, 7) is 3.67. The highest BCUT2D eigenvalue weighted by atomic mass is 16.5. The highest BCUT2D eigenvalue weighted by Crippen LogP contribution is 2.26. The molecular weight excluding hydrogens is 188 g/mol. The van der Waals surface area contributed by atoms with Crippen LogP contribution in [0.2, 0.25) is 0 Å². The summed E-state index contributed by atoms with van der Waals surface area (Å²) in [7, 11) is 0. The summed E-state index contributed by atoms with van der Waals surface area (Å²) in [5, 5.41) is 12.4. The van der Waals surface area contributed by atoms with Crippen molar-refractivity contribution in [1.29, 1.82) is 5.26 Å². The Morgan fingerprint density at radius 2 is 2.27 bits per heavy atom. The molecule has 1 saturated heterocycles. The maximum atomic E-state index is 9.01. The van der Waals surface area contributed by atoms with Gasteiger partial charge in [-0.25, -0.2) is 0 Å². The number of hydrogen-bond donors (Lipinski definition) is 1. The second kappa shape index (κ2) is 4.43. The van der Waals surface area contributed by atoms with Crippen molar-refractivity contribution in [2.45, 2.75) is 19.1 Å². The summed E-state index contributed by atoms with van der Waals surface area (Å²) in [4.78, 5) is 0. The fourth-order valence-corrected chi connectivity index (χ4v) is 1.93. The Morgan fingerprint density at radius 1 is 1.47 bits per heavy atom. The molecule has 0 radical (unpaired) electrons. The van der Waals surface area contributed by atoms with Crippen LogP contribution in [0.4, 0.5) is 0 Å². The van der Waals surface area contributed by atoms with Crippen LogP contribution in [-0.4, -0.2) is 19.2 Å². The van der Waals surface area contributed by atoms with Crippen LogP contribution in [0, 0.1) is 11.3 Å². The molecular formula is C12H14N2O. The predicted molar refractivity (Wildman–Crippen MR) is 57.3 cm³/mol. The van der Waals surface area contributed by atoms with Gasteiger partial charge in [0.25, 0.3) is 0 Å². The molecule has 1 heterocycles. The lowest BCUT2D eigenvalue weighted by Crippen LogP contribution is -2.41. The van der Waals surface area contributed by atoms with Gasteiger partial charge in [0.15, 0.2) is 0 Å². The predicted octanol–water partition coefficient (Wildman–Crippen LogP) is 1.61. The first-order valence-corrected chi connectivity index (χ1v) is 5.17. The molecule has 1 N–H and O–H groups in total. The van der Waals surface area contributed by atoms with Crippen molar-refractivity contribution in [3.8, 4) is 6.07 Å². The lowest BCUT2D eigenvalue weighted by molar-refractivity contribution is -0.000377. The first kappa shape index (κ1) is 10.2. The quantitative estimate of drug-likeness (QED) is 0.752. The molecule has 1 aliphatic heterocycles. The summed E-state index contributed by atoms with van der Waals surface area (Å²) in [5.74, 6) is 0. The largest absolute Gasteiger partial charge is 0.371 e. The topological polar surface area (TPSA) is 45.0 Å². The van der Waals surface area contributed by atoms with Crippen molar-refractivity contribution in [3.05, 3.63) is 35.4 Å². The molecule has 0 aliphatic carbocycles. The van der Waals surface area contributed by atoms with Crippen molar-refractivity contribution >= 4 is 0 Å². The van der Waals surface area contributed by atoms with E-state index in [9.17, 15) is 0 Å². The van der Waals surface area contributed by atoms with Crippen LogP contribution < -0.4 is 5.32 Å². The zero-order valence-corrected chi connectivity index (χ0v) is 8.73. The van der Waals surface area contributed by atoms with Gasteiger partial charge in [0.2, 0.25) is 0 Å². The maximum absolute atomic E-state index is 9.01. The van der Waals surface area contributed by atoms with E-state index in [1.54, 1.807) is 0 Å². The van der Waals surface area contributed by atoms with Crippen LogP contribution in [0.1, 0.15) is 24.2 Å². The Labute approximate surface area is 89.7 Å². The Hall–Kier alpha value is -1.37. The van der Waals surface area contributed by atoms with Crippen molar-refractivity contribution in [3.63, 3.8) is 0 Å². The number of rotatable bonds is 1. The van der Waals surface area contributed by atoms with Gasteiger partial charge in [0, 0.05) is 18.2 Å². The van der Waals surface area contributed by atoms with Crippen molar-refractivity contribution in [2.24, 2.45) is 0 Å². The van der Waals surface area contributed by atoms with Gasteiger partial charge in [-0.2, -0.15) is 5.26 Å². The van der Waals surface area contributed by atoms with E-state index in [1.807, 2.05) is 24.3 Å². The minimum absolute atomic E-state index is 0.00500. The molecule has 3 heteroatoms. The van der Waals surface area contributed by atoms with E-state index in [-0.39, 0.29) is 12.1 Å². The number of hydrogen-bond acceptors (Lipinski definition) is 3. The first-order chi connectivity index (χ1) is 7.33. The van der Waals surface area contributed by atoms with Crippen LogP contribution in [0.5, 0.6) is 0 Å². The van der Waals surface area contributed by atoms with E-state index in [0.29, 0.717) is 12.2 Å². The van der Waals surface area contributed by atoms with E-state index < -0.39 is 0 Å². The number of nitriles is 1. The smallest absolute Gasteiger partial charge is 0.0995 e. The van der Waals surface area contributed by atoms with Gasteiger partial charge in [-0.15, -0.1) is 0 Å². The van der Waals surface area contributed by atoms with E-state index in [2.05, 4.69) is 18.3 Å². The average molecular weight is 202 g/mol. The molecule has 2 unspecified atom stereocenters. The highest BCUT2D eigenvalue weighted by molar-refractivity contribution is 5.39. The molecule has 1 aliphatic rings. The van der Waals surface area contributed by atoms with Gasteiger partial charge >= 0.3 is 0 Å². The SMILES string of the molecule is CC1NCCOC1c1ccccc1C#N. The lowest BCUT2D eigenvalue weighted by atomic mass is 9.97. The van der Waals surface area contributed by atoms with Crippen molar-refractivity contribution < 1.29 is 4.74 Å². The van der Waals surface area contributed by atoms with E-state index in [1.165, 1.54) is 0 Å². The minimum atomic E-state index is -0.00500. The number of morpholine rings is 1. The molecule has 0 aromatic heterocycles. The molecule has 2 atom stereocenters. The zero-order valence-electron chi connectivity index (χ0n) is 8.73. The Balaban J connectivity index is 2.31. The lowest BCUT2D eigenvalue weighted by Gasteiger charge is -2.31. The highest BCUT2D eigenvalue weighted by Gasteiger charge is 2.25. The molecule has 0 bridgehead atoms. The molecule has 1 aromatic rings.